The van der Waals surface area contributed by atoms with Crippen molar-refractivity contribution >= 4 is 5.97 Å². The van der Waals surface area contributed by atoms with Gasteiger partial charge in [-0.3, -0.25) is 0 Å². The highest BCUT2D eigenvalue weighted by atomic mass is 19.1. The second kappa shape index (κ2) is 8.82. The van der Waals surface area contributed by atoms with Crippen LogP contribution in [-0.4, -0.2) is 41.6 Å². The van der Waals surface area contributed by atoms with E-state index < -0.39 is 17.4 Å². The molecule has 26 heavy (non-hydrogen) atoms. The third-order valence-corrected chi connectivity index (χ3v) is 4.28. The summed E-state index contributed by atoms with van der Waals surface area (Å²) >= 11 is 0. The van der Waals surface area contributed by atoms with Crippen LogP contribution in [0.4, 0.5) is 4.39 Å². The van der Waals surface area contributed by atoms with Crippen LogP contribution in [0.5, 0.6) is 5.75 Å². The minimum absolute atomic E-state index is 0.00866. The van der Waals surface area contributed by atoms with Crippen molar-refractivity contribution in [1.29, 1.82) is 0 Å². The molecule has 1 aliphatic rings. The molecule has 2 N–H and O–H groups in total. The van der Waals surface area contributed by atoms with Crippen LogP contribution in [0.1, 0.15) is 68.3 Å². The van der Waals surface area contributed by atoms with Crippen LogP contribution in [-0.2, 0) is 4.74 Å². The Morgan fingerprint density at radius 3 is 2.35 bits per heavy atom. The number of aliphatic hydroxyl groups is 2. The third-order valence-electron chi connectivity index (χ3n) is 4.28. The van der Waals surface area contributed by atoms with E-state index in [4.69, 9.17) is 19.7 Å². The summed E-state index contributed by atoms with van der Waals surface area (Å²) in [6, 6.07) is 2.80. The molecule has 0 aliphatic heterocycles. The lowest BCUT2D eigenvalue weighted by Crippen LogP contribution is -2.24. The second-order valence-electron chi connectivity index (χ2n) is 7.85. The van der Waals surface area contributed by atoms with Crippen LogP contribution in [0, 0.1) is 11.7 Å². The summed E-state index contributed by atoms with van der Waals surface area (Å²) in [5.74, 6) is -0.661. The van der Waals surface area contributed by atoms with Gasteiger partial charge in [0.2, 0.25) is 0 Å². The fraction of sp³-hybridized carbons (Fsp3) is 0.650. The van der Waals surface area contributed by atoms with E-state index in [1.807, 2.05) is 0 Å². The molecule has 0 heterocycles. The maximum absolute atomic E-state index is 14.5. The number of carbonyl (C=O) groups excluding carboxylic acids is 1. The van der Waals surface area contributed by atoms with Crippen LogP contribution in [0.2, 0.25) is 0 Å². The van der Waals surface area contributed by atoms with E-state index in [-0.39, 0.29) is 37.2 Å². The number of rotatable bonds is 9. The zero-order valence-corrected chi connectivity index (χ0v) is 15.8. The molecule has 5 nitrogen and oxygen atoms in total. The van der Waals surface area contributed by atoms with Gasteiger partial charge < -0.3 is 19.7 Å². The lowest BCUT2D eigenvalue weighted by molar-refractivity contribution is 0.00644. The van der Waals surface area contributed by atoms with E-state index in [1.54, 1.807) is 26.8 Å². The van der Waals surface area contributed by atoms with Crippen molar-refractivity contribution in [3.63, 3.8) is 0 Å². The summed E-state index contributed by atoms with van der Waals surface area (Å²) in [6.07, 6.45) is 2.98. The first-order chi connectivity index (χ1) is 12.2. The molecule has 0 bridgehead atoms. The van der Waals surface area contributed by atoms with Crippen molar-refractivity contribution in [1.82, 2.24) is 0 Å². The van der Waals surface area contributed by atoms with Crippen molar-refractivity contribution in [2.45, 2.75) is 58.0 Å². The van der Waals surface area contributed by atoms with Gasteiger partial charge in [0, 0.05) is 19.3 Å². The Bertz CT molecular complexity index is 613. The topological polar surface area (TPSA) is 76.0 Å². The molecule has 2 rings (SSSR count). The molecule has 146 valence electrons. The molecule has 0 radical (unpaired) electrons. The highest BCUT2D eigenvalue weighted by molar-refractivity contribution is 5.90. The van der Waals surface area contributed by atoms with Gasteiger partial charge in [0.05, 0.1) is 12.2 Å². The van der Waals surface area contributed by atoms with Crippen molar-refractivity contribution in [3.8, 4) is 5.75 Å². The van der Waals surface area contributed by atoms with Crippen LogP contribution >= 0.6 is 0 Å². The zero-order chi connectivity index (χ0) is 19.3. The number of hydrogen-bond donors (Lipinski definition) is 2. The van der Waals surface area contributed by atoms with Crippen molar-refractivity contribution in [2.75, 3.05) is 19.8 Å². The van der Waals surface area contributed by atoms with Crippen molar-refractivity contribution < 1.29 is 28.9 Å². The number of aliphatic hydroxyl groups excluding tert-OH is 2. The van der Waals surface area contributed by atoms with Gasteiger partial charge in [0.15, 0.2) is 0 Å². The Labute approximate surface area is 154 Å². The average molecular weight is 368 g/mol. The fourth-order valence-corrected chi connectivity index (χ4v) is 2.78. The minimum atomic E-state index is -0.694. The number of halogens is 1. The number of carbonyl (C=O) groups is 1. The lowest BCUT2D eigenvalue weighted by Gasteiger charge is -2.21. The van der Waals surface area contributed by atoms with E-state index in [0.29, 0.717) is 18.6 Å². The van der Waals surface area contributed by atoms with Crippen molar-refractivity contribution in [3.05, 3.63) is 29.1 Å². The quantitative estimate of drug-likeness (QED) is 0.653. The first-order valence-corrected chi connectivity index (χ1v) is 9.16. The van der Waals surface area contributed by atoms with E-state index in [0.717, 1.165) is 18.4 Å². The molecular formula is C20H29FO5. The van der Waals surface area contributed by atoms with Crippen LogP contribution < -0.4 is 4.74 Å². The first-order valence-electron chi connectivity index (χ1n) is 9.16. The Balaban J connectivity index is 2.19. The molecule has 0 amide bonds. The molecule has 0 saturated heterocycles. The van der Waals surface area contributed by atoms with Crippen LogP contribution in [0.3, 0.4) is 0 Å². The van der Waals surface area contributed by atoms with Crippen LogP contribution in [0.15, 0.2) is 12.1 Å². The van der Waals surface area contributed by atoms with Crippen molar-refractivity contribution in [2.24, 2.45) is 5.92 Å². The van der Waals surface area contributed by atoms with Gasteiger partial charge in [-0.25, -0.2) is 9.18 Å². The lowest BCUT2D eigenvalue weighted by atomic mass is 10.0. The molecule has 6 heteroatoms. The monoisotopic (exact) mass is 368 g/mol. The first kappa shape index (κ1) is 20.6. The Kier molecular flexibility index (Phi) is 7.01. The predicted molar refractivity (Wildman–Crippen MR) is 95.9 cm³/mol. The summed E-state index contributed by atoms with van der Waals surface area (Å²) < 4.78 is 25.6. The Morgan fingerprint density at radius 1 is 1.23 bits per heavy atom. The summed E-state index contributed by atoms with van der Waals surface area (Å²) in [7, 11) is 0. The molecule has 1 aliphatic carbocycles. The van der Waals surface area contributed by atoms with Gasteiger partial charge in [0.1, 0.15) is 17.2 Å². The number of esters is 1. The minimum Gasteiger partial charge on any atom is -0.493 e. The molecule has 0 spiro atoms. The number of benzene rings is 1. The average Bonchev–Trinajstić information content (AvgIpc) is 3.36. The summed E-state index contributed by atoms with van der Waals surface area (Å²) in [6.45, 7) is 5.52. The van der Waals surface area contributed by atoms with Gasteiger partial charge >= 0.3 is 5.97 Å². The molecule has 1 aromatic rings. The maximum Gasteiger partial charge on any atom is 0.341 e. The van der Waals surface area contributed by atoms with Gasteiger partial charge in [-0.15, -0.1) is 0 Å². The Morgan fingerprint density at radius 2 is 1.85 bits per heavy atom. The normalized spacial score (nSPS) is 14.6. The zero-order valence-electron chi connectivity index (χ0n) is 15.8. The van der Waals surface area contributed by atoms with Gasteiger partial charge in [0.25, 0.3) is 0 Å². The molecule has 0 unspecified atom stereocenters. The molecule has 0 aromatic heterocycles. The van der Waals surface area contributed by atoms with E-state index >= 15 is 0 Å². The third kappa shape index (κ3) is 5.95. The summed E-state index contributed by atoms with van der Waals surface area (Å²) in [5.41, 5.74) is 0.0516. The van der Waals surface area contributed by atoms with E-state index in [9.17, 15) is 9.18 Å². The molecule has 1 fully saturated rings. The summed E-state index contributed by atoms with van der Waals surface area (Å²) in [4.78, 5) is 12.3. The van der Waals surface area contributed by atoms with Gasteiger partial charge in [-0.2, -0.15) is 0 Å². The SMILES string of the molecule is CC(C)(C)OC(=O)c1cc(C2CC2)c(OCC(CCO)CCO)cc1F. The maximum atomic E-state index is 14.5. The van der Waals surface area contributed by atoms with Gasteiger partial charge in [-0.05, 0) is 69.9 Å². The smallest absolute Gasteiger partial charge is 0.341 e. The van der Waals surface area contributed by atoms with Crippen LogP contribution in [0.25, 0.3) is 0 Å². The number of hydrogen-bond acceptors (Lipinski definition) is 5. The molecule has 1 aromatic carbocycles. The second-order valence-corrected chi connectivity index (χ2v) is 7.85. The highest BCUT2D eigenvalue weighted by Crippen LogP contribution is 2.45. The fourth-order valence-electron chi connectivity index (χ4n) is 2.78. The van der Waals surface area contributed by atoms with E-state index in [1.165, 1.54) is 6.07 Å². The Hall–Kier alpha value is -1.66. The predicted octanol–water partition coefficient (Wildman–Crippen LogP) is 3.42. The summed E-state index contributed by atoms with van der Waals surface area (Å²) in [5, 5.41) is 18.2. The van der Waals surface area contributed by atoms with E-state index in [2.05, 4.69) is 0 Å². The molecule has 0 atom stereocenters. The standard InChI is InChI=1S/C20H29FO5/c1-20(2,3)26-19(24)16-10-15(14-4-5-14)18(11-17(16)21)25-12-13(6-8-22)7-9-23/h10-11,13-14,22-23H,4-9,12H2,1-3H3. The van der Waals surface area contributed by atoms with Gasteiger partial charge in [-0.1, -0.05) is 0 Å². The number of ether oxygens (including phenoxy) is 2. The highest BCUT2D eigenvalue weighted by Gasteiger charge is 2.31. The molecular weight excluding hydrogens is 339 g/mol. The molecule has 1 saturated carbocycles. The largest absolute Gasteiger partial charge is 0.493 e.